The van der Waals surface area contributed by atoms with E-state index in [-0.39, 0.29) is 0 Å². The largest absolute Gasteiger partial charge is 0.309 e. The fourth-order valence-electron chi connectivity index (χ4n) is 8.13. The average Bonchev–Trinajstić information content (AvgIpc) is 3.73. The van der Waals surface area contributed by atoms with Gasteiger partial charge in [-0.05, 0) is 82.9 Å². The Morgan fingerprint density at radius 3 is 1.46 bits per heavy atom. The van der Waals surface area contributed by atoms with E-state index in [1.807, 2.05) is 0 Å². The Hall–Kier alpha value is -6.49. The topological polar surface area (TPSA) is 22.8 Å². The predicted molar refractivity (Wildman–Crippen MR) is 232 cm³/mol. The van der Waals surface area contributed by atoms with Crippen molar-refractivity contribution in [2.75, 3.05) is 0 Å². The molecular weight excluding hydrogens is 671 g/mol. The van der Waals surface area contributed by atoms with Crippen molar-refractivity contribution in [3.8, 4) is 45.0 Å². The maximum Gasteiger partial charge on any atom is 0.138 e. The highest BCUT2D eigenvalue weighted by atomic mass is 28.3. The van der Waals surface area contributed by atoms with Crippen molar-refractivity contribution in [2.45, 2.75) is 19.6 Å². The first-order valence-corrected chi connectivity index (χ1v) is 22.2. The number of rotatable bonds is 6. The minimum absolute atomic E-state index is 0.904. The number of hydrogen-bond acceptors (Lipinski definition) is 1. The van der Waals surface area contributed by atoms with Crippen LogP contribution in [0, 0.1) is 0 Å². The Labute approximate surface area is 316 Å². The second kappa shape index (κ2) is 12.6. The highest BCUT2D eigenvalue weighted by Crippen LogP contribution is 2.39. The van der Waals surface area contributed by atoms with Crippen molar-refractivity contribution < 1.29 is 0 Å². The summed E-state index contributed by atoms with van der Waals surface area (Å²) in [5.74, 6) is 0.904. The van der Waals surface area contributed by atoms with E-state index in [1.165, 1.54) is 60.1 Å². The van der Waals surface area contributed by atoms with Crippen LogP contribution < -0.4 is 5.19 Å². The molecule has 258 valence electrons. The molecule has 0 atom stereocenters. The minimum atomic E-state index is -1.40. The van der Waals surface area contributed by atoms with E-state index in [4.69, 9.17) is 4.98 Å². The number of para-hydroxylation sites is 2. The number of benzene rings is 7. The van der Waals surface area contributed by atoms with E-state index in [0.29, 0.717) is 0 Å². The van der Waals surface area contributed by atoms with Crippen molar-refractivity contribution in [2.24, 2.45) is 0 Å². The first-order valence-electron chi connectivity index (χ1n) is 18.7. The van der Waals surface area contributed by atoms with Gasteiger partial charge in [-0.25, -0.2) is 4.98 Å². The molecule has 7 aromatic carbocycles. The summed E-state index contributed by atoms with van der Waals surface area (Å²) >= 11 is 0. The summed E-state index contributed by atoms with van der Waals surface area (Å²) in [5, 5.41) is 6.42. The molecule has 0 fully saturated rings. The van der Waals surface area contributed by atoms with Crippen LogP contribution in [0.2, 0.25) is 19.6 Å². The van der Waals surface area contributed by atoms with Crippen LogP contribution in [0.3, 0.4) is 0 Å². The number of hydrogen-bond donors (Lipinski definition) is 0. The van der Waals surface area contributed by atoms with Gasteiger partial charge >= 0.3 is 0 Å². The fourth-order valence-corrected chi connectivity index (χ4v) is 9.29. The summed E-state index contributed by atoms with van der Waals surface area (Å²) < 4.78 is 4.75. The Morgan fingerprint density at radius 2 is 0.870 bits per heavy atom. The summed E-state index contributed by atoms with van der Waals surface area (Å²) in [6.07, 6.45) is 0. The second-order valence-electron chi connectivity index (χ2n) is 15.3. The van der Waals surface area contributed by atoms with E-state index < -0.39 is 8.07 Å². The van der Waals surface area contributed by atoms with Gasteiger partial charge in [-0.3, -0.25) is 4.57 Å². The summed E-state index contributed by atoms with van der Waals surface area (Å²) in [6, 6.07) is 66.1. The van der Waals surface area contributed by atoms with Crippen LogP contribution in [0.25, 0.3) is 88.6 Å². The Balaban J connectivity index is 1.14. The van der Waals surface area contributed by atoms with Crippen LogP contribution in [-0.4, -0.2) is 22.2 Å². The van der Waals surface area contributed by atoms with Gasteiger partial charge in [0.05, 0.1) is 35.8 Å². The van der Waals surface area contributed by atoms with Gasteiger partial charge in [0, 0.05) is 32.8 Å². The number of aromatic nitrogens is 3. The molecule has 10 aromatic rings. The van der Waals surface area contributed by atoms with E-state index in [1.54, 1.807) is 0 Å². The van der Waals surface area contributed by atoms with Gasteiger partial charge in [0.25, 0.3) is 0 Å². The zero-order valence-corrected chi connectivity index (χ0v) is 31.7. The maximum atomic E-state index is 5.32. The van der Waals surface area contributed by atoms with E-state index >= 15 is 0 Å². The zero-order valence-electron chi connectivity index (χ0n) is 30.7. The van der Waals surface area contributed by atoms with Crippen LogP contribution >= 0.6 is 0 Å². The molecule has 54 heavy (non-hydrogen) atoms. The fraction of sp³-hybridized carbons (Fsp3) is 0.0600. The van der Waals surface area contributed by atoms with Crippen molar-refractivity contribution in [3.63, 3.8) is 0 Å². The number of pyridine rings is 1. The van der Waals surface area contributed by atoms with Crippen molar-refractivity contribution in [1.82, 2.24) is 14.1 Å². The maximum absolute atomic E-state index is 5.32. The molecule has 3 heterocycles. The van der Waals surface area contributed by atoms with Crippen LogP contribution in [0.1, 0.15) is 0 Å². The van der Waals surface area contributed by atoms with Gasteiger partial charge < -0.3 is 4.57 Å². The third-order valence-corrected chi connectivity index (χ3v) is 13.0. The summed E-state index contributed by atoms with van der Waals surface area (Å²) in [4.78, 5) is 5.32. The van der Waals surface area contributed by atoms with Gasteiger partial charge in [-0.1, -0.05) is 146 Å². The van der Waals surface area contributed by atoms with Gasteiger partial charge in [0.2, 0.25) is 0 Å². The molecule has 4 heteroatoms. The molecule has 0 radical (unpaired) electrons. The average molecular weight is 710 g/mol. The highest BCUT2D eigenvalue weighted by Gasteiger charge is 2.19. The summed E-state index contributed by atoms with van der Waals surface area (Å²) in [5.41, 5.74) is 12.7. The molecule has 3 nitrogen and oxygen atoms in total. The van der Waals surface area contributed by atoms with Crippen LogP contribution in [0.5, 0.6) is 0 Å². The molecule has 0 aliphatic carbocycles. The SMILES string of the molecule is C[Si](C)(C)c1ccc(-n2c3ccccc3c3cc(-c4ccc5c(c4)c4ccccc4n5-c4cc(-c5ccccc5)cc(-c5ccccc5)n4)ccc32)cc1. The molecule has 3 aromatic heterocycles. The third kappa shape index (κ3) is 5.37. The smallest absolute Gasteiger partial charge is 0.138 e. The van der Waals surface area contributed by atoms with E-state index in [0.717, 1.165) is 33.7 Å². The van der Waals surface area contributed by atoms with Gasteiger partial charge in [-0.15, -0.1) is 0 Å². The van der Waals surface area contributed by atoms with Crippen molar-refractivity contribution in [1.29, 1.82) is 0 Å². The highest BCUT2D eigenvalue weighted by molar-refractivity contribution is 6.88. The Bertz CT molecular complexity index is 2950. The van der Waals surface area contributed by atoms with Gasteiger partial charge in [0.1, 0.15) is 5.82 Å². The molecular formula is C50H39N3Si. The molecule has 10 rings (SSSR count). The standard InChI is InChI=1S/C50H39N3Si/c1-54(2,3)40-26-24-39(25-27-40)52-46-20-12-10-18-41(46)43-30-36(22-28-48(43)52)37-23-29-49-44(31-37)42-19-11-13-21-47(42)53(49)50-33-38(34-14-6-4-7-15-34)32-45(51-50)35-16-8-5-9-17-35/h4-33H,1-3H3. The lowest BCUT2D eigenvalue weighted by Gasteiger charge is -2.17. The first kappa shape index (κ1) is 32.2. The van der Waals surface area contributed by atoms with Crippen LogP contribution in [0.4, 0.5) is 0 Å². The van der Waals surface area contributed by atoms with E-state index in [2.05, 4.69) is 211 Å². The quantitative estimate of drug-likeness (QED) is 0.158. The lowest BCUT2D eigenvalue weighted by atomic mass is 10.0. The summed E-state index contributed by atoms with van der Waals surface area (Å²) in [6.45, 7) is 7.21. The predicted octanol–water partition coefficient (Wildman–Crippen LogP) is 12.8. The molecule has 0 aliphatic heterocycles. The molecule has 0 spiro atoms. The third-order valence-electron chi connectivity index (χ3n) is 10.9. The zero-order chi connectivity index (χ0) is 36.4. The molecule has 0 saturated heterocycles. The normalized spacial score (nSPS) is 12.0. The summed E-state index contributed by atoms with van der Waals surface area (Å²) in [7, 11) is -1.40. The lowest BCUT2D eigenvalue weighted by Crippen LogP contribution is -2.37. The Morgan fingerprint density at radius 1 is 0.370 bits per heavy atom. The van der Waals surface area contributed by atoms with Crippen molar-refractivity contribution >= 4 is 56.9 Å². The molecule has 0 saturated carbocycles. The van der Waals surface area contributed by atoms with Crippen LogP contribution in [-0.2, 0) is 0 Å². The number of fused-ring (bicyclic) bond motifs is 6. The van der Waals surface area contributed by atoms with Crippen LogP contribution in [0.15, 0.2) is 182 Å². The monoisotopic (exact) mass is 709 g/mol. The minimum Gasteiger partial charge on any atom is -0.309 e. The first-order chi connectivity index (χ1) is 26.4. The number of nitrogens with zero attached hydrogens (tertiary/aromatic N) is 3. The molecule has 0 amide bonds. The van der Waals surface area contributed by atoms with E-state index in [9.17, 15) is 0 Å². The molecule has 0 N–H and O–H groups in total. The van der Waals surface area contributed by atoms with Crippen molar-refractivity contribution in [3.05, 3.63) is 182 Å². The molecule has 0 bridgehead atoms. The Kier molecular flexibility index (Phi) is 7.50. The lowest BCUT2D eigenvalue weighted by molar-refractivity contribution is 1.08. The second-order valence-corrected chi connectivity index (χ2v) is 20.4. The van der Waals surface area contributed by atoms with Gasteiger partial charge in [-0.2, -0.15) is 0 Å². The molecule has 0 unspecified atom stereocenters. The van der Waals surface area contributed by atoms with Gasteiger partial charge in [0.15, 0.2) is 0 Å². The molecule has 0 aliphatic rings.